The van der Waals surface area contributed by atoms with Crippen LogP contribution in [0.3, 0.4) is 0 Å². The van der Waals surface area contributed by atoms with E-state index in [-0.39, 0.29) is 12.5 Å². The lowest BCUT2D eigenvalue weighted by molar-refractivity contribution is -0.116. The van der Waals surface area contributed by atoms with E-state index in [1.54, 1.807) is 25.0 Å². The number of hydrogen-bond acceptors (Lipinski definition) is 6. The van der Waals surface area contributed by atoms with Crippen LogP contribution in [0.1, 0.15) is 11.4 Å². The Labute approximate surface area is 143 Å². The van der Waals surface area contributed by atoms with Gasteiger partial charge in [-0.05, 0) is 32.0 Å². The van der Waals surface area contributed by atoms with Gasteiger partial charge in [-0.25, -0.2) is 4.98 Å². The van der Waals surface area contributed by atoms with Crippen molar-refractivity contribution >= 4 is 32.6 Å². The summed E-state index contributed by atoms with van der Waals surface area (Å²) in [5.74, 6) is 1.15. The number of ether oxygens (including phenoxy) is 2. The van der Waals surface area contributed by atoms with Crippen LogP contribution in [0.5, 0.6) is 11.5 Å². The molecule has 126 valence electrons. The first-order valence-electron chi connectivity index (χ1n) is 7.34. The Kier molecular flexibility index (Phi) is 4.39. The van der Waals surface area contributed by atoms with E-state index in [0.717, 1.165) is 16.1 Å². The fraction of sp³-hybridized carbons (Fsp3) is 0.312. The fourth-order valence-electron chi connectivity index (χ4n) is 2.47. The summed E-state index contributed by atoms with van der Waals surface area (Å²) < 4.78 is 13.2. The maximum Gasteiger partial charge on any atom is 0.247 e. The zero-order chi connectivity index (χ0) is 17.3. The maximum atomic E-state index is 12.3. The van der Waals surface area contributed by atoms with Gasteiger partial charge >= 0.3 is 0 Å². The Morgan fingerprint density at radius 1 is 1.25 bits per heavy atom. The standard InChI is InChI=1S/C16H18N4O3S/c1-9-7-10(2)20(19-9)8-13(21)17-16-18-14-11(22-3)5-6-12(23-4)15(14)24-16/h5-7H,8H2,1-4H3,(H,17,18,21). The molecule has 0 atom stereocenters. The third-order valence-corrected chi connectivity index (χ3v) is 4.54. The molecular weight excluding hydrogens is 328 g/mol. The second-order valence-electron chi connectivity index (χ2n) is 5.30. The van der Waals surface area contributed by atoms with E-state index in [1.165, 1.54) is 11.3 Å². The van der Waals surface area contributed by atoms with Gasteiger partial charge in [0.15, 0.2) is 5.13 Å². The van der Waals surface area contributed by atoms with Crippen LogP contribution in [-0.4, -0.2) is 34.9 Å². The number of aromatic nitrogens is 3. The van der Waals surface area contributed by atoms with E-state index in [1.807, 2.05) is 26.0 Å². The van der Waals surface area contributed by atoms with Gasteiger partial charge in [0, 0.05) is 5.69 Å². The molecule has 1 aromatic carbocycles. The largest absolute Gasteiger partial charge is 0.495 e. The van der Waals surface area contributed by atoms with Crippen LogP contribution in [0.2, 0.25) is 0 Å². The molecule has 24 heavy (non-hydrogen) atoms. The highest BCUT2D eigenvalue weighted by Crippen LogP contribution is 2.38. The second-order valence-corrected chi connectivity index (χ2v) is 6.30. The predicted molar refractivity (Wildman–Crippen MR) is 93.1 cm³/mol. The summed E-state index contributed by atoms with van der Waals surface area (Å²) in [6, 6.07) is 5.55. The molecule has 0 saturated heterocycles. The number of rotatable bonds is 5. The monoisotopic (exact) mass is 346 g/mol. The summed E-state index contributed by atoms with van der Waals surface area (Å²) >= 11 is 1.35. The van der Waals surface area contributed by atoms with Crippen LogP contribution in [0.25, 0.3) is 10.2 Å². The molecular formula is C16H18N4O3S. The number of thiazole rings is 1. The normalized spacial score (nSPS) is 10.8. The summed E-state index contributed by atoms with van der Waals surface area (Å²) in [5.41, 5.74) is 2.49. The van der Waals surface area contributed by atoms with Crippen LogP contribution in [-0.2, 0) is 11.3 Å². The molecule has 2 heterocycles. The zero-order valence-electron chi connectivity index (χ0n) is 13.9. The number of carbonyl (C=O) groups excluding carboxylic acids is 1. The van der Waals surface area contributed by atoms with Gasteiger partial charge in [0.05, 0.1) is 19.9 Å². The highest BCUT2D eigenvalue weighted by atomic mass is 32.1. The zero-order valence-corrected chi connectivity index (χ0v) is 14.7. The number of hydrogen-bond donors (Lipinski definition) is 1. The van der Waals surface area contributed by atoms with Crippen molar-refractivity contribution in [2.75, 3.05) is 19.5 Å². The van der Waals surface area contributed by atoms with Crippen molar-refractivity contribution in [1.29, 1.82) is 0 Å². The minimum Gasteiger partial charge on any atom is -0.495 e. The van der Waals surface area contributed by atoms with Gasteiger partial charge in [-0.1, -0.05) is 11.3 Å². The highest BCUT2D eigenvalue weighted by molar-refractivity contribution is 7.22. The molecule has 3 aromatic rings. The second kappa shape index (κ2) is 6.48. The molecule has 0 aliphatic heterocycles. The molecule has 0 spiro atoms. The molecule has 1 N–H and O–H groups in total. The summed E-state index contributed by atoms with van der Waals surface area (Å²) in [7, 11) is 3.18. The Morgan fingerprint density at radius 3 is 2.58 bits per heavy atom. The minimum absolute atomic E-state index is 0.143. The van der Waals surface area contributed by atoms with E-state index in [0.29, 0.717) is 22.1 Å². The summed E-state index contributed by atoms with van der Waals surface area (Å²) in [4.78, 5) is 16.7. The van der Waals surface area contributed by atoms with Crippen molar-refractivity contribution in [2.45, 2.75) is 20.4 Å². The molecule has 0 unspecified atom stereocenters. The summed E-state index contributed by atoms with van der Waals surface area (Å²) in [6.07, 6.45) is 0. The first kappa shape index (κ1) is 16.3. The number of nitrogens with zero attached hydrogens (tertiary/aromatic N) is 3. The van der Waals surface area contributed by atoms with Gasteiger partial charge in [-0.15, -0.1) is 0 Å². The molecule has 1 amide bonds. The van der Waals surface area contributed by atoms with Crippen LogP contribution in [0, 0.1) is 13.8 Å². The van der Waals surface area contributed by atoms with Gasteiger partial charge in [0.1, 0.15) is 28.3 Å². The number of benzene rings is 1. The molecule has 0 radical (unpaired) electrons. The first-order valence-corrected chi connectivity index (χ1v) is 8.16. The number of aryl methyl sites for hydroxylation is 2. The first-order chi connectivity index (χ1) is 11.5. The van der Waals surface area contributed by atoms with Gasteiger partial charge in [-0.2, -0.15) is 5.10 Å². The van der Waals surface area contributed by atoms with Crippen molar-refractivity contribution in [3.8, 4) is 11.5 Å². The maximum absolute atomic E-state index is 12.3. The number of methoxy groups -OCH3 is 2. The third kappa shape index (κ3) is 3.05. The summed E-state index contributed by atoms with van der Waals surface area (Å²) in [5, 5.41) is 7.60. The molecule has 3 rings (SSSR count). The number of anilines is 1. The lowest BCUT2D eigenvalue weighted by Gasteiger charge is -2.04. The highest BCUT2D eigenvalue weighted by Gasteiger charge is 2.15. The average Bonchev–Trinajstić information content (AvgIpc) is 3.09. The third-order valence-electron chi connectivity index (χ3n) is 3.55. The molecule has 7 nitrogen and oxygen atoms in total. The Hall–Kier alpha value is -2.61. The molecule has 0 saturated carbocycles. The van der Waals surface area contributed by atoms with Crippen LogP contribution >= 0.6 is 11.3 Å². The predicted octanol–water partition coefficient (Wildman–Crippen LogP) is 2.77. The van der Waals surface area contributed by atoms with Gasteiger partial charge in [-0.3, -0.25) is 9.48 Å². The lowest BCUT2D eigenvalue weighted by atomic mass is 10.3. The molecule has 0 aliphatic rings. The number of amides is 1. The van der Waals surface area contributed by atoms with Crippen LogP contribution < -0.4 is 14.8 Å². The minimum atomic E-state index is -0.182. The topological polar surface area (TPSA) is 78.3 Å². The van der Waals surface area contributed by atoms with E-state index in [2.05, 4.69) is 15.4 Å². The average molecular weight is 346 g/mol. The van der Waals surface area contributed by atoms with Crippen LogP contribution in [0.15, 0.2) is 18.2 Å². The van der Waals surface area contributed by atoms with Gasteiger partial charge in [0.25, 0.3) is 0 Å². The summed E-state index contributed by atoms with van der Waals surface area (Å²) in [6.45, 7) is 3.96. The van der Waals surface area contributed by atoms with Crippen molar-refractivity contribution < 1.29 is 14.3 Å². The fourth-order valence-corrected chi connectivity index (χ4v) is 3.46. The Morgan fingerprint density at radius 2 is 1.96 bits per heavy atom. The van der Waals surface area contributed by atoms with Gasteiger partial charge < -0.3 is 14.8 Å². The number of fused-ring (bicyclic) bond motifs is 1. The molecule has 0 bridgehead atoms. The molecule has 0 aliphatic carbocycles. The van der Waals surface area contributed by atoms with Gasteiger partial charge in [0.2, 0.25) is 5.91 Å². The van der Waals surface area contributed by atoms with Crippen molar-refractivity contribution in [1.82, 2.24) is 14.8 Å². The number of nitrogens with one attached hydrogen (secondary N) is 1. The van der Waals surface area contributed by atoms with E-state index in [9.17, 15) is 4.79 Å². The van der Waals surface area contributed by atoms with Crippen molar-refractivity contribution in [3.63, 3.8) is 0 Å². The van der Waals surface area contributed by atoms with E-state index in [4.69, 9.17) is 9.47 Å². The lowest BCUT2D eigenvalue weighted by Crippen LogP contribution is -2.20. The van der Waals surface area contributed by atoms with Crippen molar-refractivity contribution in [2.24, 2.45) is 0 Å². The van der Waals surface area contributed by atoms with Crippen LogP contribution in [0.4, 0.5) is 5.13 Å². The molecule has 8 heteroatoms. The SMILES string of the molecule is COc1ccc(OC)c2sc(NC(=O)Cn3nc(C)cc3C)nc12. The Balaban J connectivity index is 1.84. The number of carbonyl (C=O) groups is 1. The smallest absolute Gasteiger partial charge is 0.247 e. The van der Waals surface area contributed by atoms with E-state index >= 15 is 0 Å². The molecule has 2 aromatic heterocycles. The quantitative estimate of drug-likeness (QED) is 0.768. The molecule has 0 fully saturated rings. The van der Waals surface area contributed by atoms with E-state index < -0.39 is 0 Å². The van der Waals surface area contributed by atoms with Crippen molar-refractivity contribution in [3.05, 3.63) is 29.6 Å². The Bertz CT molecular complexity index is 859.